The highest BCUT2D eigenvalue weighted by Gasteiger charge is 2.17. The zero-order valence-electron chi connectivity index (χ0n) is 17.1. The highest BCUT2D eigenvalue weighted by molar-refractivity contribution is 5.99. The van der Waals surface area contributed by atoms with E-state index < -0.39 is 12.6 Å². The Morgan fingerprint density at radius 2 is 1.83 bits per heavy atom. The third kappa shape index (κ3) is 5.34. The molecule has 0 amide bonds. The van der Waals surface area contributed by atoms with Crippen LogP contribution in [0.5, 0.6) is 11.5 Å². The molecule has 0 saturated carbocycles. The molecule has 0 unspecified atom stereocenters. The van der Waals surface area contributed by atoms with Gasteiger partial charge in [0.2, 0.25) is 5.78 Å². The van der Waals surface area contributed by atoms with Crippen molar-refractivity contribution in [3.05, 3.63) is 59.4 Å². The number of benzene rings is 1. The molecule has 2 aromatic rings. The first-order valence-corrected chi connectivity index (χ1v) is 9.06. The molecule has 0 N–H and O–H groups in total. The Kier molecular flexibility index (Phi) is 7.36. The van der Waals surface area contributed by atoms with Gasteiger partial charge in [-0.2, -0.15) is 0 Å². The third-order valence-electron chi connectivity index (χ3n) is 4.47. The Bertz CT molecular complexity index is 941. The maximum Gasteiger partial charge on any atom is 0.344 e. The molecule has 154 valence electrons. The van der Waals surface area contributed by atoms with E-state index in [-0.39, 0.29) is 18.2 Å². The van der Waals surface area contributed by atoms with Gasteiger partial charge in [-0.1, -0.05) is 6.08 Å². The first kappa shape index (κ1) is 21.9. The fourth-order valence-corrected chi connectivity index (χ4v) is 2.90. The van der Waals surface area contributed by atoms with Crippen molar-refractivity contribution in [1.82, 2.24) is 4.57 Å². The second-order valence-electron chi connectivity index (χ2n) is 6.48. The van der Waals surface area contributed by atoms with Crippen LogP contribution in [-0.4, -0.2) is 42.4 Å². The number of aromatic nitrogens is 1. The van der Waals surface area contributed by atoms with E-state index in [1.54, 1.807) is 24.3 Å². The highest BCUT2D eigenvalue weighted by atomic mass is 16.6. The molecular weight excluding hydrogens is 374 g/mol. The van der Waals surface area contributed by atoms with Crippen molar-refractivity contribution < 1.29 is 28.6 Å². The molecule has 2 rings (SSSR count). The zero-order valence-corrected chi connectivity index (χ0v) is 17.1. The number of carbonyl (C=O) groups is 3. The van der Waals surface area contributed by atoms with E-state index in [1.807, 2.05) is 18.4 Å². The molecule has 7 heteroatoms. The molecule has 29 heavy (non-hydrogen) atoms. The monoisotopic (exact) mass is 399 g/mol. The summed E-state index contributed by atoms with van der Waals surface area (Å²) in [4.78, 5) is 35.8. The second-order valence-corrected chi connectivity index (χ2v) is 6.48. The quantitative estimate of drug-likeness (QED) is 0.346. The fourth-order valence-electron chi connectivity index (χ4n) is 2.90. The number of allylic oxidation sites excluding steroid dienone is 1. The molecule has 0 radical (unpaired) electrons. The van der Waals surface area contributed by atoms with E-state index in [9.17, 15) is 14.4 Å². The van der Waals surface area contributed by atoms with Crippen LogP contribution in [-0.2, 0) is 16.1 Å². The number of methoxy groups -OCH3 is 1. The van der Waals surface area contributed by atoms with Crippen LogP contribution in [0.1, 0.15) is 39.0 Å². The van der Waals surface area contributed by atoms with Crippen molar-refractivity contribution in [3.8, 4) is 11.5 Å². The van der Waals surface area contributed by atoms with E-state index in [0.717, 1.165) is 11.4 Å². The first-order chi connectivity index (χ1) is 13.8. The van der Waals surface area contributed by atoms with Gasteiger partial charge in [-0.25, -0.2) is 4.79 Å². The third-order valence-corrected chi connectivity index (χ3v) is 4.47. The number of hydrogen-bond acceptors (Lipinski definition) is 6. The minimum Gasteiger partial charge on any atom is -0.493 e. The molecule has 0 aliphatic carbocycles. The van der Waals surface area contributed by atoms with Gasteiger partial charge in [-0.15, -0.1) is 6.58 Å². The molecule has 7 nitrogen and oxygen atoms in total. The van der Waals surface area contributed by atoms with Gasteiger partial charge < -0.3 is 18.8 Å². The predicted molar refractivity (Wildman–Crippen MR) is 108 cm³/mol. The first-order valence-electron chi connectivity index (χ1n) is 9.06. The molecule has 1 heterocycles. The predicted octanol–water partition coefficient (Wildman–Crippen LogP) is 3.31. The Balaban J connectivity index is 1.94. The fraction of sp³-hybridized carbons (Fsp3) is 0.318. The van der Waals surface area contributed by atoms with Crippen LogP contribution in [0.2, 0.25) is 0 Å². The second kappa shape index (κ2) is 9.73. The summed E-state index contributed by atoms with van der Waals surface area (Å²) < 4.78 is 17.6. The van der Waals surface area contributed by atoms with Crippen LogP contribution in [0, 0.1) is 13.8 Å². The van der Waals surface area contributed by atoms with E-state index in [2.05, 4.69) is 6.58 Å². The van der Waals surface area contributed by atoms with Gasteiger partial charge in [0.15, 0.2) is 30.5 Å². The summed E-state index contributed by atoms with van der Waals surface area (Å²) in [5, 5.41) is 0. The highest BCUT2D eigenvalue weighted by Crippen LogP contribution is 2.28. The summed E-state index contributed by atoms with van der Waals surface area (Å²) in [5.41, 5.74) is 2.72. The smallest absolute Gasteiger partial charge is 0.344 e. The summed E-state index contributed by atoms with van der Waals surface area (Å²) in [6.07, 6.45) is 1.75. The summed E-state index contributed by atoms with van der Waals surface area (Å²) >= 11 is 0. The number of rotatable bonds is 10. The zero-order chi connectivity index (χ0) is 21.6. The average molecular weight is 399 g/mol. The van der Waals surface area contributed by atoms with Crippen molar-refractivity contribution >= 4 is 17.5 Å². The molecular formula is C22H25NO6. The van der Waals surface area contributed by atoms with Crippen LogP contribution >= 0.6 is 0 Å². The summed E-state index contributed by atoms with van der Waals surface area (Å²) in [7, 11) is 1.44. The van der Waals surface area contributed by atoms with Crippen molar-refractivity contribution in [1.29, 1.82) is 0 Å². The normalized spacial score (nSPS) is 10.3. The Hall–Kier alpha value is -3.35. The number of hydrogen-bond donors (Lipinski definition) is 0. The largest absolute Gasteiger partial charge is 0.493 e. The number of Topliss-reactive ketones (excluding diaryl/α,β-unsaturated/α-hetero) is 2. The van der Waals surface area contributed by atoms with E-state index in [0.29, 0.717) is 29.2 Å². The van der Waals surface area contributed by atoms with Crippen molar-refractivity contribution in [2.24, 2.45) is 0 Å². The van der Waals surface area contributed by atoms with E-state index >= 15 is 0 Å². The van der Waals surface area contributed by atoms with Gasteiger partial charge >= 0.3 is 5.97 Å². The standard InChI is InChI=1S/C22H25NO6/c1-6-9-23-14(2)10-18(15(23)3)19(25)12-29-22(26)13-28-20-8-7-17(16(4)24)11-21(20)27-5/h6-8,10-11H,1,9,12-13H2,2-5H3. The summed E-state index contributed by atoms with van der Waals surface area (Å²) in [6.45, 7) is 8.73. The van der Waals surface area contributed by atoms with Crippen molar-refractivity contribution in [2.75, 3.05) is 20.3 Å². The van der Waals surface area contributed by atoms with Crippen LogP contribution in [0.3, 0.4) is 0 Å². The molecule has 0 aliphatic rings. The average Bonchev–Trinajstić information content (AvgIpc) is 2.98. The lowest BCUT2D eigenvalue weighted by Gasteiger charge is -2.11. The van der Waals surface area contributed by atoms with Gasteiger partial charge in [-0.3, -0.25) is 9.59 Å². The minimum atomic E-state index is -0.684. The topological polar surface area (TPSA) is 83.8 Å². The van der Waals surface area contributed by atoms with E-state index in [4.69, 9.17) is 14.2 Å². The van der Waals surface area contributed by atoms with Gasteiger partial charge in [0.1, 0.15) is 0 Å². The Morgan fingerprint density at radius 1 is 1.10 bits per heavy atom. The molecule has 1 aromatic heterocycles. The van der Waals surface area contributed by atoms with Gasteiger partial charge in [0.25, 0.3) is 0 Å². The molecule has 0 spiro atoms. The lowest BCUT2D eigenvalue weighted by Crippen LogP contribution is -2.20. The number of nitrogens with zero attached hydrogens (tertiary/aromatic N) is 1. The van der Waals surface area contributed by atoms with Gasteiger partial charge in [0.05, 0.1) is 7.11 Å². The lowest BCUT2D eigenvalue weighted by molar-refractivity contribution is -0.144. The molecule has 0 bridgehead atoms. The van der Waals surface area contributed by atoms with Gasteiger partial charge in [-0.05, 0) is 45.0 Å². The number of esters is 1. The van der Waals surface area contributed by atoms with Crippen LogP contribution < -0.4 is 9.47 Å². The maximum atomic E-state index is 12.4. The molecule has 0 saturated heterocycles. The van der Waals surface area contributed by atoms with Gasteiger partial charge in [0, 0.05) is 29.1 Å². The van der Waals surface area contributed by atoms with Crippen LogP contribution in [0.25, 0.3) is 0 Å². The van der Waals surface area contributed by atoms with Crippen molar-refractivity contribution in [2.45, 2.75) is 27.3 Å². The molecule has 0 aliphatic heterocycles. The van der Waals surface area contributed by atoms with Crippen LogP contribution in [0.4, 0.5) is 0 Å². The van der Waals surface area contributed by atoms with Crippen molar-refractivity contribution in [3.63, 3.8) is 0 Å². The summed E-state index contributed by atoms with van der Waals surface area (Å²) in [5.74, 6) is -0.452. The lowest BCUT2D eigenvalue weighted by atomic mass is 10.1. The molecule has 1 aromatic carbocycles. The molecule has 0 fully saturated rings. The molecule has 0 atom stereocenters. The Labute approximate surface area is 169 Å². The van der Waals surface area contributed by atoms with E-state index in [1.165, 1.54) is 20.1 Å². The minimum absolute atomic E-state index is 0.111. The SMILES string of the molecule is C=CCn1c(C)cc(C(=O)COC(=O)COc2ccc(C(C)=O)cc2OC)c1C. The number of ether oxygens (including phenoxy) is 3. The summed E-state index contributed by atoms with van der Waals surface area (Å²) in [6, 6.07) is 6.43. The number of carbonyl (C=O) groups excluding carboxylic acids is 3. The maximum absolute atomic E-state index is 12.4. The Morgan fingerprint density at radius 3 is 2.45 bits per heavy atom. The van der Waals surface area contributed by atoms with Crippen LogP contribution in [0.15, 0.2) is 36.9 Å². The number of aryl methyl sites for hydroxylation is 1. The number of ketones is 2.